The number of benzene rings is 1. The van der Waals surface area contributed by atoms with Crippen molar-refractivity contribution < 1.29 is 32.9 Å². The molecule has 0 aliphatic carbocycles. The molecule has 0 amide bonds. The fourth-order valence-electron chi connectivity index (χ4n) is 4.24. The molecule has 0 saturated carbocycles. The quantitative estimate of drug-likeness (QED) is 0.289. The van der Waals surface area contributed by atoms with Crippen LogP contribution < -0.4 is 9.41 Å². The number of carboxylic acids is 1. The fourth-order valence-corrected chi connectivity index (χ4v) is 5.10. The van der Waals surface area contributed by atoms with Crippen LogP contribution in [0.5, 0.6) is 0 Å². The van der Waals surface area contributed by atoms with Crippen molar-refractivity contribution in [3.05, 3.63) is 60.1 Å². The SMILES string of the molecule is C=CCCC(CC)CN(c1nc(-c2ccc(F)cc2)c(/C=C/[C@@H](O)C[C@@H](O)CC(=O)[O-])c(C(C)C)n1)S(C)(=O)=O. The predicted octanol–water partition coefficient (Wildman–Crippen LogP) is 3.43. The van der Waals surface area contributed by atoms with Crippen molar-refractivity contribution in [3.63, 3.8) is 0 Å². The summed E-state index contributed by atoms with van der Waals surface area (Å²) in [6, 6.07) is 5.57. The predicted molar refractivity (Wildman–Crippen MR) is 152 cm³/mol. The summed E-state index contributed by atoms with van der Waals surface area (Å²) < 4.78 is 40.9. The summed E-state index contributed by atoms with van der Waals surface area (Å²) in [6.45, 7) is 9.67. The summed E-state index contributed by atoms with van der Waals surface area (Å²) in [5.74, 6) is -2.06. The van der Waals surface area contributed by atoms with Gasteiger partial charge in [-0.1, -0.05) is 45.4 Å². The molecule has 220 valence electrons. The Kier molecular flexibility index (Phi) is 12.4. The van der Waals surface area contributed by atoms with Crippen molar-refractivity contribution in [2.45, 2.75) is 71.0 Å². The van der Waals surface area contributed by atoms with Gasteiger partial charge in [0.05, 0.1) is 29.9 Å². The molecule has 3 atom stereocenters. The number of carbonyl (C=O) groups excluding carboxylic acids is 1. The van der Waals surface area contributed by atoms with Crippen LogP contribution in [0.1, 0.15) is 70.1 Å². The zero-order valence-corrected chi connectivity index (χ0v) is 24.3. The van der Waals surface area contributed by atoms with Gasteiger partial charge < -0.3 is 20.1 Å². The van der Waals surface area contributed by atoms with Gasteiger partial charge in [-0.15, -0.1) is 6.58 Å². The van der Waals surface area contributed by atoms with Crippen molar-refractivity contribution in [2.75, 3.05) is 17.1 Å². The number of anilines is 1. The third kappa shape index (κ3) is 9.79. The molecule has 1 heterocycles. The Bertz CT molecular complexity index is 1280. The molecule has 0 bridgehead atoms. The monoisotopic (exact) mass is 576 g/mol. The Labute approximate surface area is 236 Å². The van der Waals surface area contributed by atoms with Crippen LogP contribution in [0.3, 0.4) is 0 Å². The minimum atomic E-state index is -3.77. The lowest BCUT2D eigenvalue weighted by Crippen LogP contribution is -2.36. The fraction of sp³-hybridized carbons (Fsp3) is 0.483. The number of aliphatic carboxylic acids is 1. The Morgan fingerprint density at radius 3 is 2.38 bits per heavy atom. The zero-order chi connectivity index (χ0) is 30.0. The van der Waals surface area contributed by atoms with E-state index in [1.807, 2.05) is 20.8 Å². The number of aromatic nitrogens is 2. The number of sulfonamides is 1. The van der Waals surface area contributed by atoms with Crippen molar-refractivity contribution >= 4 is 28.0 Å². The molecule has 40 heavy (non-hydrogen) atoms. The lowest BCUT2D eigenvalue weighted by molar-refractivity contribution is -0.307. The van der Waals surface area contributed by atoms with Gasteiger partial charge in [-0.3, -0.25) is 0 Å². The van der Waals surface area contributed by atoms with E-state index in [4.69, 9.17) is 0 Å². The van der Waals surface area contributed by atoms with Crippen LogP contribution in [-0.2, 0) is 14.8 Å². The third-order valence-corrected chi connectivity index (χ3v) is 7.55. The maximum Gasteiger partial charge on any atom is 0.240 e. The van der Waals surface area contributed by atoms with E-state index in [2.05, 4.69) is 16.5 Å². The van der Waals surface area contributed by atoms with Gasteiger partial charge in [0.25, 0.3) is 0 Å². The molecule has 1 unspecified atom stereocenters. The smallest absolute Gasteiger partial charge is 0.240 e. The summed E-state index contributed by atoms with van der Waals surface area (Å²) in [4.78, 5) is 20.1. The molecule has 11 heteroatoms. The van der Waals surface area contributed by atoms with E-state index < -0.39 is 40.4 Å². The van der Waals surface area contributed by atoms with Gasteiger partial charge >= 0.3 is 0 Å². The molecule has 2 N–H and O–H groups in total. The molecule has 1 aromatic heterocycles. The van der Waals surface area contributed by atoms with E-state index in [-0.39, 0.29) is 30.7 Å². The number of carboxylic acid groups (broad SMARTS) is 1. The zero-order valence-electron chi connectivity index (χ0n) is 23.5. The molecular weight excluding hydrogens is 537 g/mol. The van der Waals surface area contributed by atoms with Crippen LogP contribution in [0.4, 0.5) is 10.3 Å². The number of nitrogens with zero attached hydrogens (tertiary/aromatic N) is 3. The largest absolute Gasteiger partial charge is 0.550 e. The van der Waals surface area contributed by atoms with E-state index >= 15 is 0 Å². The highest BCUT2D eigenvalue weighted by atomic mass is 32.2. The lowest BCUT2D eigenvalue weighted by Gasteiger charge is -2.27. The first kappa shape index (κ1) is 33.1. The van der Waals surface area contributed by atoms with E-state index in [0.717, 1.165) is 25.5 Å². The number of hydrogen-bond acceptors (Lipinski definition) is 8. The van der Waals surface area contributed by atoms with E-state index in [0.29, 0.717) is 22.5 Å². The molecule has 2 rings (SSSR count). The summed E-state index contributed by atoms with van der Waals surface area (Å²) in [5, 5.41) is 31.0. The summed E-state index contributed by atoms with van der Waals surface area (Å²) >= 11 is 0. The van der Waals surface area contributed by atoms with Crippen LogP contribution in [0.25, 0.3) is 17.3 Å². The molecule has 0 radical (unpaired) electrons. The number of aliphatic hydroxyl groups is 2. The molecule has 1 aromatic carbocycles. The second-order valence-electron chi connectivity index (χ2n) is 10.2. The Hall–Kier alpha value is -3.15. The number of allylic oxidation sites excluding steroid dienone is 1. The van der Waals surface area contributed by atoms with Crippen LogP contribution in [0, 0.1) is 11.7 Å². The Morgan fingerprint density at radius 1 is 1.20 bits per heavy atom. The second kappa shape index (κ2) is 15.0. The van der Waals surface area contributed by atoms with Crippen molar-refractivity contribution in [2.24, 2.45) is 5.92 Å². The normalized spacial score (nSPS) is 14.3. The van der Waals surface area contributed by atoms with Crippen LogP contribution >= 0.6 is 0 Å². The van der Waals surface area contributed by atoms with Gasteiger partial charge in [0.1, 0.15) is 5.82 Å². The molecule has 0 saturated heterocycles. The standard InChI is InChI=1S/C29H40FN3O6S/c1-6-8-9-20(7-2)18-33(40(5,38)39)29-31-27(19(3)4)25(15-14-23(34)16-24(35)17-26(36)37)28(32-29)21-10-12-22(30)13-11-21/h6,10-15,19-20,23-24,34-35H,1,7-9,16-18H2,2-5H3,(H,36,37)/p-1/b15-14+/t20?,23-,24-/m1/s1. The van der Waals surface area contributed by atoms with E-state index in [1.54, 1.807) is 12.2 Å². The summed E-state index contributed by atoms with van der Waals surface area (Å²) in [6.07, 6.45) is 4.69. The first-order chi connectivity index (χ1) is 18.8. The molecule has 0 fully saturated rings. The number of halogens is 1. The van der Waals surface area contributed by atoms with Gasteiger partial charge in [0.15, 0.2) is 0 Å². The third-order valence-electron chi connectivity index (χ3n) is 6.43. The summed E-state index contributed by atoms with van der Waals surface area (Å²) in [7, 11) is -3.77. The highest BCUT2D eigenvalue weighted by Gasteiger charge is 2.27. The number of rotatable bonds is 16. The van der Waals surface area contributed by atoms with Gasteiger partial charge in [-0.2, -0.15) is 0 Å². The van der Waals surface area contributed by atoms with Crippen molar-refractivity contribution in [1.29, 1.82) is 0 Å². The minimum absolute atomic E-state index is 0.00958. The first-order valence-corrected chi connectivity index (χ1v) is 15.1. The average Bonchev–Trinajstić information content (AvgIpc) is 2.86. The Morgan fingerprint density at radius 2 is 1.85 bits per heavy atom. The number of aliphatic hydroxyl groups excluding tert-OH is 2. The Balaban J connectivity index is 2.69. The van der Waals surface area contributed by atoms with Gasteiger partial charge in [-0.25, -0.2) is 27.1 Å². The van der Waals surface area contributed by atoms with Crippen LogP contribution in [-0.4, -0.2) is 59.6 Å². The van der Waals surface area contributed by atoms with Crippen LogP contribution in [0.15, 0.2) is 43.0 Å². The second-order valence-corrected chi connectivity index (χ2v) is 12.1. The van der Waals surface area contributed by atoms with Crippen LogP contribution in [0.2, 0.25) is 0 Å². The number of carbonyl (C=O) groups is 1. The maximum atomic E-state index is 13.8. The highest BCUT2D eigenvalue weighted by molar-refractivity contribution is 7.92. The number of hydrogen-bond donors (Lipinski definition) is 2. The average molecular weight is 577 g/mol. The van der Waals surface area contributed by atoms with Crippen molar-refractivity contribution in [1.82, 2.24) is 9.97 Å². The molecule has 9 nitrogen and oxygen atoms in total. The first-order valence-electron chi connectivity index (χ1n) is 13.3. The lowest BCUT2D eigenvalue weighted by atomic mass is 9.97. The highest BCUT2D eigenvalue weighted by Crippen LogP contribution is 2.32. The molecule has 2 aromatic rings. The maximum absolute atomic E-state index is 13.8. The van der Waals surface area contributed by atoms with E-state index in [9.17, 15) is 32.9 Å². The van der Waals surface area contributed by atoms with Gasteiger partial charge in [0, 0.05) is 36.5 Å². The topological polar surface area (TPSA) is 144 Å². The molecule has 0 aliphatic rings. The van der Waals surface area contributed by atoms with Crippen molar-refractivity contribution in [3.8, 4) is 11.3 Å². The van der Waals surface area contributed by atoms with Gasteiger partial charge in [0.2, 0.25) is 16.0 Å². The minimum Gasteiger partial charge on any atom is -0.550 e. The molecule has 0 spiro atoms. The van der Waals surface area contributed by atoms with E-state index in [1.165, 1.54) is 34.6 Å². The van der Waals surface area contributed by atoms with Gasteiger partial charge in [-0.05, 0) is 48.9 Å². The summed E-state index contributed by atoms with van der Waals surface area (Å²) in [5.41, 5.74) is 1.81. The molecule has 0 aliphatic heterocycles. The molecular formula is C29H39FN3O6S-.